The summed E-state index contributed by atoms with van der Waals surface area (Å²) < 4.78 is 32.0. The number of benzene rings is 1. The fourth-order valence-corrected chi connectivity index (χ4v) is 10.3. The maximum Gasteiger partial charge on any atom is 0.269 e. The van der Waals surface area contributed by atoms with Crippen LogP contribution in [0.1, 0.15) is 90.3 Å². The third-order valence-corrected chi connectivity index (χ3v) is 13.7. The van der Waals surface area contributed by atoms with E-state index in [9.17, 15) is 8.42 Å². The highest BCUT2D eigenvalue weighted by atomic mass is 32.2. The highest BCUT2D eigenvalue weighted by Crippen LogP contribution is 2.41. The van der Waals surface area contributed by atoms with Crippen LogP contribution >= 0.6 is 0 Å². The summed E-state index contributed by atoms with van der Waals surface area (Å²) in [4.78, 5) is 29.1. The van der Waals surface area contributed by atoms with E-state index in [0.717, 1.165) is 96.8 Å². The van der Waals surface area contributed by atoms with E-state index >= 15 is 0 Å². The Morgan fingerprint density at radius 1 is 0.661 bits per heavy atom. The van der Waals surface area contributed by atoms with Crippen molar-refractivity contribution in [3.63, 3.8) is 0 Å². The number of hydrogen-bond acceptors (Lipinski definition) is 14. The molecule has 0 aliphatic heterocycles. The molecule has 19 heteroatoms. The van der Waals surface area contributed by atoms with E-state index in [-0.39, 0.29) is 10.8 Å². The molecule has 2 saturated carbocycles. The topological polar surface area (TPSA) is 240 Å². The smallest absolute Gasteiger partial charge is 0.269 e. The molecule has 2 aliphatic rings. The number of fused-ring (bicyclic) bond motifs is 6. The number of nitrogens with one attached hydrogen (secondary N) is 1. The molecule has 1 aromatic carbocycles. The highest BCUT2D eigenvalue weighted by molar-refractivity contribution is 7.90. The second kappa shape index (κ2) is 15.8. The predicted octanol–water partition coefficient (Wildman–Crippen LogP) is 5.81. The van der Waals surface area contributed by atoms with Crippen LogP contribution in [0.5, 0.6) is 0 Å². The van der Waals surface area contributed by atoms with Gasteiger partial charge in [0.25, 0.3) is 10.0 Å². The van der Waals surface area contributed by atoms with E-state index in [1.807, 2.05) is 35.7 Å². The highest BCUT2D eigenvalue weighted by Gasteiger charge is 2.32. The fraction of sp³-hybridized carbons (Fsp3) is 0.302. The maximum atomic E-state index is 13.3. The number of aromatic amines is 1. The molecule has 0 saturated heterocycles. The van der Waals surface area contributed by atoms with Crippen molar-refractivity contribution in [2.75, 3.05) is 0 Å². The lowest BCUT2D eigenvalue weighted by Crippen LogP contribution is -2.13. The second-order valence-corrected chi connectivity index (χ2v) is 17.9. The minimum Gasteiger partial charge on any atom is -0.345 e. The van der Waals surface area contributed by atoms with Crippen LogP contribution in [-0.4, -0.2) is 76.5 Å². The molecule has 0 bridgehead atoms. The summed E-state index contributed by atoms with van der Waals surface area (Å²) in [6.45, 7) is 1.92. The molecule has 1 N–H and O–H groups in total. The van der Waals surface area contributed by atoms with Crippen LogP contribution in [0.4, 0.5) is 0 Å². The van der Waals surface area contributed by atoms with Crippen molar-refractivity contribution >= 4 is 43.6 Å². The third-order valence-electron chi connectivity index (χ3n) is 12.1. The maximum absolute atomic E-state index is 13.3. The number of aryl methyl sites for hydroxylation is 1. The molecular formula is C43H38N16O2S. The zero-order valence-corrected chi connectivity index (χ0v) is 34.3. The number of H-pyrrole nitrogens is 1. The van der Waals surface area contributed by atoms with Crippen molar-refractivity contribution in [2.45, 2.75) is 75.0 Å². The molecule has 0 amide bonds. The van der Waals surface area contributed by atoms with Crippen molar-refractivity contribution in [1.82, 2.24) is 68.1 Å². The monoisotopic (exact) mass is 842 g/mol. The van der Waals surface area contributed by atoms with Gasteiger partial charge in [-0.3, -0.25) is 18.8 Å². The Morgan fingerprint density at radius 2 is 1.24 bits per heavy atom. The molecule has 11 rings (SSSR count). The average molecular weight is 843 g/mol. The van der Waals surface area contributed by atoms with Crippen molar-refractivity contribution < 1.29 is 8.42 Å². The van der Waals surface area contributed by atoms with Crippen LogP contribution in [0, 0.1) is 41.4 Å². The number of aromatic nitrogens is 14. The van der Waals surface area contributed by atoms with Gasteiger partial charge >= 0.3 is 0 Å². The van der Waals surface area contributed by atoms with Gasteiger partial charge in [0, 0.05) is 36.6 Å². The molecule has 308 valence electrons. The van der Waals surface area contributed by atoms with Gasteiger partial charge in [-0.1, -0.05) is 17.7 Å². The molecule has 8 heterocycles. The van der Waals surface area contributed by atoms with Crippen LogP contribution in [-0.2, 0) is 22.9 Å². The van der Waals surface area contributed by atoms with Gasteiger partial charge in [0.2, 0.25) is 0 Å². The zero-order valence-electron chi connectivity index (χ0n) is 33.5. The van der Waals surface area contributed by atoms with E-state index in [1.54, 1.807) is 61.3 Å². The summed E-state index contributed by atoms with van der Waals surface area (Å²) in [7, 11) is -3.80. The Balaban J connectivity index is 0.000000156. The lowest BCUT2D eigenvalue weighted by Gasteiger charge is -2.11. The van der Waals surface area contributed by atoms with Gasteiger partial charge in [-0.25, -0.2) is 32.3 Å². The number of nitrogens with zero attached hydrogens (tertiary/aromatic N) is 15. The molecule has 2 fully saturated rings. The van der Waals surface area contributed by atoms with Crippen molar-refractivity contribution in [3.05, 3.63) is 126 Å². The Labute approximate surface area is 354 Å². The molecule has 0 unspecified atom stereocenters. The van der Waals surface area contributed by atoms with E-state index in [2.05, 4.69) is 59.7 Å². The van der Waals surface area contributed by atoms with Crippen LogP contribution < -0.4 is 0 Å². The summed E-state index contributed by atoms with van der Waals surface area (Å²) in [6, 6.07) is 14.5. The molecule has 4 atom stereocenters. The number of rotatable bonds is 8. The van der Waals surface area contributed by atoms with Gasteiger partial charge < -0.3 is 4.98 Å². The van der Waals surface area contributed by atoms with Gasteiger partial charge in [-0.2, -0.15) is 10.5 Å². The summed E-state index contributed by atoms with van der Waals surface area (Å²) in [5.41, 5.74) is 7.71. The molecule has 2 aliphatic carbocycles. The number of nitriles is 2. The summed E-state index contributed by atoms with van der Waals surface area (Å²) in [5, 5.41) is 35.3. The standard InChI is InChI=1S/C25H22N8O2S.C18H16N8/c1-16-2-6-21(7-3-16)36(34,35)32-9-8-22-25(32)29-15-23-30-31-24(33(22)23)18-5-4-17(10-18)11-19-13-28-20(12-26)14-27-19;19-7-14-9-21-13(8-22-14)6-11-1-2-12(5-11)18-25-24-16-10-23-17-15(26(16)18)3-4-20-17/h2-3,6-9,13-15,17-18H,4-5,10-11H2,1H3;3-4,8-12,20H,1-2,5-6H2/t17-,18+;11-,12+/m00/s1. The summed E-state index contributed by atoms with van der Waals surface area (Å²) in [5.74, 6) is 3.34. The second-order valence-electron chi connectivity index (χ2n) is 16.0. The van der Waals surface area contributed by atoms with Gasteiger partial charge in [0.05, 0.1) is 52.1 Å². The quantitative estimate of drug-likeness (QED) is 0.190. The minimum absolute atomic E-state index is 0.180. The van der Waals surface area contributed by atoms with Crippen molar-refractivity contribution in [2.24, 2.45) is 11.8 Å². The fourth-order valence-electron chi connectivity index (χ4n) is 9.01. The predicted molar refractivity (Wildman–Crippen MR) is 224 cm³/mol. The molecule has 9 aromatic rings. The largest absolute Gasteiger partial charge is 0.345 e. The third kappa shape index (κ3) is 7.15. The molecule has 0 radical (unpaired) electrons. The molecule has 62 heavy (non-hydrogen) atoms. The molecule has 0 spiro atoms. The first kappa shape index (κ1) is 38.7. The SMILES string of the molecule is Cc1ccc(S(=O)(=O)n2ccc3c2ncc2nnc([C@@H]4CC[C@H](Cc5cnc(C#N)cn5)C4)n23)cc1.N#Cc1cnc(C[C@H]2CC[C@@H](c3nnc4cnc5[nH]ccc5n34)C2)cn1. The van der Waals surface area contributed by atoms with Gasteiger partial charge in [0.15, 0.2) is 34.0 Å². The molecule has 18 nitrogen and oxygen atoms in total. The van der Waals surface area contributed by atoms with Gasteiger partial charge in [0.1, 0.15) is 23.8 Å². The summed E-state index contributed by atoms with van der Waals surface area (Å²) in [6.07, 6.45) is 21.0. The molecular weight excluding hydrogens is 805 g/mol. The summed E-state index contributed by atoms with van der Waals surface area (Å²) >= 11 is 0. The first-order valence-electron chi connectivity index (χ1n) is 20.4. The minimum atomic E-state index is -3.80. The lowest BCUT2D eigenvalue weighted by molar-refractivity contribution is 0.522. The Morgan fingerprint density at radius 3 is 1.81 bits per heavy atom. The van der Waals surface area contributed by atoms with E-state index in [1.165, 1.54) is 16.4 Å². The van der Waals surface area contributed by atoms with Crippen LogP contribution in [0.25, 0.3) is 33.6 Å². The number of hydrogen-bond donors (Lipinski definition) is 1. The van der Waals surface area contributed by atoms with Gasteiger partial charge in [-0.15, -0.1) is 20.4 Å². The Bertz CT molecular complexity index is 3290. The van der Waals surface area contributed by atoms with Crippen molar-refractivity contribution in [1.29, 1.82) is 10.5 Å². The Hall–Kier alpha value is -7.51. The van der Waals surface area contributed by atoms with E-state index < -0.39 is 10.0 Å². The van der Waals surface area contributed by atoms with Gasteiger partial charge in [-0.05, 0) is 94.4 Å². The van der Waals surface area contributed by atoms with Crippen LogP contribution in [0.15, 0.2) is 90.9 Å². The van der Waals surface area contributed by atoms with Crippen LogP contribution in [0.2, 0.25) is 0 Å². The van der Waals surface area contributed by atoms with E-state index in [4.69, 9.17) is 10.5 Å². The normalized spacial score (nSPS) is 18.9. The first-order chi connectivity index (χ1) is 30.2. The first-order valence-corrected chi connectivity index (χ1v) is 21.8. The average Bonchev–Trinajstić information content (AvgIpc) is 4.15. The zero-order chi connectivity index (χ0) is 42.4. The van der Waals surface area contributed by atoms with E-state index in [0.29, 0.717) is 46.0 Å². The molecule has 8 aromatic heterocycles. The van der Waals surface area contributed by atoms with Crippen LogP contribution in [0.3, 0.4) is 0 Å². The lowest BCUT2D eigenvalue weighted by atomic mass is 9.99. The van der Waals surface area contributed by atoms with Crippen molar-refractivity contribution in [3.8, 4) is 12.1 Å². The Kier molecular flexibility index (Phi) is 9.87.